The van der Waals surface area contributed by atoms with Crippen LogP contribution in [0.5, 0.6) is 5.75 Å². The Bertz CT molecular complexity index is 869. The molecular weight excluding hydrogens is 414 g/mol. The Balaban J connectivity index is 1.83. The molecule has 0 heterocycles. The molecule has 166 valence electrons. The number of carbonyl (C=O) groups is 2. The molecule has 0 aromatic heterocycles. The minimum Gasteiger partial charge on any atom is -0.491 e. The molecule has 0 fully saturated rings. The molecule has 3 N–H and O–H groups in total. The van der Waals surface area contributed by atoms with Gasteiger partial charge in [0, 0.05) is 37.1 Å². The van der Waals surface area contributed by atoms with Crippen molar-refractivity contribution in [2.24, 2.45) is 0 Å². The second-order valence-electron chi connectivity index (χ2n) is 6.95. The zero-order chi connectivity index (χ0) is 22.6. The summed E-state index contributed by atoms with van der Waals surface area (Å²) in [6.07, 6.45) is 1.77. The van der Waals surface area contributed by atoms with Crippen molar-refractivity contribution in [3.05, 3.63) is 59.7 Å². The van der Waals surface area contributed by atoms with Crippen LogP contribution in [0.4, 0.5) is 5.69 Å². The van der Waals surface area contributed by atoms with Crippen LogP contribution in [-0.4, -0.2) is 43.3 Å². The van der Waals surface area contributed by atoms with Gasteiger partial charge in [-0.2, -0.15) is 0 Å². The van der Waals surface area contributed by atoms with Crippen LogP contribution in [0.1, 0.15) is 47.4 Å². The minimum atomic E-state index is -0.320. The van der Waals surface area contributed by atoms with Crippen LogP contribution in [0, 0.1) is 0 Å². The Kier molecular flexibility index (Phi) is 9.93. The number of ether oxygens (including phenoxy) is 2. The number of nitrogens with one attached hydrogen (secondary N) is 3. The Morgan fingerprint density at radius 3 is 2.23 bits per heavy atom. The fourth-order valence-electron chi connectivity index (χ4n) is 2.56. The molecule has 8 heteroatoms. The van der Waals surface area contributed by atoms with E-state index in [-0.39, 0.29) is 23.0 Å². The lowest BCUT2D eigenvalue weighted by molar-refractivity contribution is 0.0946. The van der Waals surface area contributed by atoms with Crippen molar-refractivity contribution in [1.29, 1.82) is 0 Å². The lowest BCUT2D eigenvalue weighted by atomic mass is 10.2. The van der Waals surface area contributed by atoms with E-state index in [0.717, 1.165) is 18.6 Å². The quantitative estimate of drug-likeness (QED) is 0.383. The molecule has 1 atom stereocenters. The van der Waals surface area contributed by atoms with Gasteiger partial charge in [-0.3, -0.25) is 14.9 Å². The molecule has 0 aliphatic heterocycles. The van der Waals surface area contributed by atoms with Gasteiger partial charge in [0.1, 0.15) is 5.75 Å². The summed E-state index contributed by atoms with van der Waals surface area (Å²) < 4.78 is 10.7. The highest BCUT2D eigenvalue weighted by Gasteiger charge is 2.10. The SMILES string of the molecule is CCC(C)Oc1ccc(C(=O)NC(=S)Nc2ccc(C(=O)NCCCOC)cc2)cc1. The highest BCUT2D eigenvalue weighted by atomic mass is 32.1. The van der Waals surface area contributed by atoms with E-state index < -0.39 is 0 Å². The van der Waals surface area contributed by atoms with Gasteiger partial charge in [-0.1, -0.05) is 6.92 Å². The molecule has 0 saturated heterocycles. The van der Waals surface area contributed by atoms with Crippen LogP contribution in [0.15, 0.2) is 48.5 Å². The maximum Gasteiger partial charge on any atom is 0.257 e. The van der Waals surface area contributed by atoms with Crippen LogP contribution in [0.3, 0.4) is 0 Å². The van der Waals surface area contributed by atoms with Crippen molar-refractivity contribution >= 4 is 34.8 Å². The minimum absolute atomic E-state index is 0.115. The summed E-state index contributed by atoms with van der Waals surface area (Å²) >= 11 is 5.22. The number of carbonyl (C=O) groups excluding carboxylic acids is 2. The van der Waals surface area contributed by atoms with E-state index in [1.165, 1.54) is 0 Å². The van der Waals surface area contributed by atoms with E-state index in [2.05, 4.69) is 16.0 Å². The number of anilines is 1. The summed E-state index contributed by atoms with van der Waals surface area (Å²) in [5.74, 6) is 0.244. The monoisotopic (exact) mass is 443 g/mol. The molecule has 0 aliphatic rings. The van der Waals surface area contributed by atoms with Gasteiger partial charge in [0.2, 0.25) is 0 Å². The first-order valence-corrected chi connectivity index (χ1v) is 10.6. The van der Waals surface area contributed by atoms with E-state index in [0.29, 0.717) is 30.0 Å². The first-order valence-electron chi connectivity index (χ1n) is 10.2. The van der Waals surface area contributed by atoms with Crippen molar-refractivity contribution in [1.82, 2.24) is 10.6 Å². The predicted molar refractivity (Wildman–Crippen MR) is 126 cm³/mol. The van der Waals surface area contributed by atoms with Crippen molar-refractivity contribution in [2.75, 3.05) is 25.6 Å². The van der Waals surface area contributed by atoms with Gasteiger partial charge in [0.05, 0.1) is 6.10 Å². The zero-order valence-electron chi connectivity index (χ0n) is 18.1. The fraction of sp³-hybridized carbons (Fsp3) is 0.348. The average Bonchev–Trinajstić information content (AvgIpc) is 2.77. The third kappa shape index (κ3) is 8.35. The maximum atomic E-state index is 12.4. The summed E-state index contributed by atoms with van der Waals surface area (Å²) in [5, 5.41) is 8.58. The molecule has 0 aliphatic carbocycles. The van der Waals surface area contributed by atoms with E-state index in [1.807, 2.05) is 13.8 Å². The number of benzene rings is 2. The summed E-state index contributed by atoms with van der Waals surface area (Å²) in [5.41, 5.74) is 1.68. The number of rotatable bonds is 10. The lowest BCUT2D eigenvalue weighted by Crippen LogP contribution is -2.34. The highest BCUT2D eigenvalue weighted by Crippen LogP contribution is 2.15. The van der Waals surface area contributed by atoms with Crippen LogP contribution >= 0.6 is 12.2 Å². The van der Waals surface area contributed by atoms with Gasteiger partial charge in [0.15, 0.2) is 5.11 Å². The average molecular weight is 444 g/mol. The Labute approximate surface area is 188 Å². The van der Waals surface area contributed by atoms with Crippen molar-refractivity contribution < 1.29 is 19.1 Å². The van der Waals surface area contributed by atoms with Crippen molar-refractivity contribution in [3.8, 4) is 5.75 Å². The predicted octanol–water partition coefficient (Wildman–Crippen LogP) is 3.76. The number of amides is 2. The number of thiocarbonyl (C=S) groups is 1. The molecule has 1 unspecified atom stereocenters. The maximum absolute atomic E-state index is 12.4. The molecule has 0 bridgehead atoms. The number of methoxy groups -OCH3 is 1. The molecule has 7 nitrogen and oxygen atoms in total. The Morgan fingerprint density at radius 2 is 1.61 bits per heavy atom. The first-order chi connectivity index (χ1) is 14.9. The molecule has 0 spiro atoms. The first kappa shape index (κ1) is 24.3. The molecule has 2 amide bonds. The Hall–Kier alpha value is -2.97. The third-order valence-electron chi connectivity index (χ3n) is 4.47. The molecule has 0 radical (unpaired) electrons. The summed E-state index contributed by atoms with van der Waals surface area (Å²) in [6.45, 7) is 5.19. The second-order valence-corrected chi connectivity index (χ2v) is 7.36. The van der Waals surface area contributed by atoms with Gasteiger partial charge < -0.3 is 20.1 Å². The summed E-state index contributed by atoms with van der Waals surface area (Å²) in [7, 11) is 1.62. The van der Waals surface area contributed by atoms with Gasteiger partial charge >= 0.3 is 0 Å². The van der Waals surface area contributed by atoms with E-state index in [4.69, 9.17) is 21.7 Å². The molecule has 0 saturated carbocycles. The molecule has 31 heavy (non-hydrogen) atoms. The van der Waals surface area contributed by atoms with Crippen LogP contribution in [0.2, 0.25) is 0 Å². The largest absolute Gasteiger partial charge is 0.491 e. The van der Waals surface area contributed by atoms with Crippen molar-refractivity contribution in [3.63, 3.8) is 0 Å². The van der Waals surface area contributed by atoms with E-state index >= 15 is 0 Å². The third-order valence-corrected chi connectivity index (χ3v) is 4.68. The van der Waals surface area contributed by atoms with Crippen LogP contribution in [0.25, 0.3) is 0 Å². The highest BCUT2D eigenvalue weighted by molar-refractivity contribution is 7.80. The Morgan fingerprint density at radius 1 is 1.00 bits per heavy atom. The van der Waals surface area contributed by atoms with Crippen LogP contribution < -0.4 is 20.7 Å². The molecule has 2 aromatic rings. The fourth-order valence-corrected chi connectivity index (χ4v) is 2.77. The smallest absolute Gasteiger partial charge is 0.257 e. The van der Waals surface area contributed by atoms with Gasteiger partial charge in [-0.05, 0) is 80.5 Å². The van der Waals surface area contributed by atoms with E-state index in [9.17, 15) is 9.59 Å². The van der Waals surface area contributed by atoms with Crippen molar-refractivity contribution in [2.45, 2.75) is 32.8 Å². The second kappa shape index (κ2) is 12.7. The molecule has 2 aromatic carbocycles. The van der Waals surface area contributed by atoms with Crippen LogP contribution in [-0.2, 0) is 4.74 Å². The number of hydrogen-bond acceptors (Lipinski definition) is 5. The summed E-state index contributed by atoms with van der Waals surface area (Å²) in [4.78, 5) is 24.5. The van der Waals surface area contributed by atoms with Gasteiger partial charge in [0.25, 0.3) is 11.8 Å². The lowest BCUT2D eigenvalue weighted by Gasteiger charge is -2.13. The zero-order valence-corrected chi connectivity index (χ0v) is 18.9. The van der Waals surface area contributed by atoms with Gasteiger partial charge in [-0.25, -0.2) is 0 Å². The topological polar surface area (TPSA) is 88.7 Å². The van der Waals surface area contributed by atoms with E-state index in [1.54, 1.807) is 55.6 Å². The molecule has 2 rings (SSSR count). The standard InChI is InChI=1S/C23H29N3O4S/c1-4-16(2)30-20-12-8-18(9-13-20)22(28)26-23(31)25-19-10-6-17(7-11-19)21(27)24-14-5-15-29-3/h6-13,16H,4-5,14-15H2,1-3H3,(H,24,27)(H2,25,26,28,31). The molecular formula is C23H29N3O4S. The van der Waals surface area contributed by atoms with Gasteiger partial charge in [-0.15, -0.1) is 0 Å². The summed E-state index contributed by atoms with van der Waals surface area (Å²) in [6, 6.07) is 13.7. The normalized spacial score (nSPS) is 11.3. The number of hydrogen-bond donors (Lipinski definition) is 3.